The van der Waals surface area contributed by atoms with Gasteiger partial charge in [-0.25, -0.2) is 0 Å². The fourth-order valence-corrected chi connectivity index (χ4v) is 1.07. The Morgan fingerprint density at radius 3 is 2.21 bits per heavy atom. The summed E-state index contributed by atoms with van der Waals surface area (Å²) in [7, 11) is 0. The molecule has 1 aromatic carbocycles. The number of carbonyl (C=O) groups is 1. The van der Waals surface area contributed by atoms with Crippen molar-refractivity contribution >= 4 is 11.9 Å². The van der Waals surface area contributed by atoms with Gasteiger partial charge in [-0.1, -0.05) is 18.2 Å². The van der Waals surface area contributed by atoms with Gasteiger partial charge in [-0.15, -0.1) is 0 Å². The third-order valence-corrected chi connectivity index (χ3v) is 2.04. The van der Waals surface area contributed by atoms with Crippen molar-refractivity contribution in [1.82, 2.24) is 0 Å². The lowest BCUT2D eigenvalue weighted by Crippen LogP contribution is -2.30. The van der Waals surface area contributed by atoms with Gasteiger partial charge in [-0.05, 0) is 25.0 Å². The van der Waals surface area contributed by atoms with Crippen molar-refractivity contribution in [3.8, 4) is 5.75 Å². The van der Waals surface area contributed by atoms with Crippen LogP contribution in [0.3, 0.4) is 0 Å². The summed E-state index contributed by atoms with van der Waals surface area (Å²) in [5.41, 5.74) is 15.3. The van der Waals surface area contributed by atoms with Gasteiger partial charge in [0.05, 0.1) is 0 Å². The highest BCUT2D eigenvalue weighted by Gasteiger charge is 2.09. The first kappa shape index (κ1) is 16.7. The Hall–Kier alpha value is -2.28. The quantitative estimate of drug-likeness (QED) is 0.285. The van der Waals surface area contributed by atoms with Crippen LogP contribution in [0.1, 0.15) is 12.8 Å². The van der Waals surface area contributed by atoms with Gasteiger partial charge < -0.3 is 27.4 Å². The van der Waals surface area contributed by atoms with E-state index in [1.807, 2.05) is 6.07 Å². The van der Waals surface area contributed by atoms with Gasteiger partial charge in [0.2, 0.25) is 0 Å². The summed E-state index contributed by atoms with van der Waals surface area (Å²) in [4.78, 5) is 13.9. The van der Waals surface area contributed by atoms with Crippen molar-refractivity contribution in [3.63, 3.8) is 0 Å². The number of carboxylic acid groups (broad SMARTS) is 1. The molecule has 0 aliphatic heterocycles. The number of para-hydroxylation sites is 1. The molecule has 1 aromatic rings. The molecule has 0 heterocycles. The van der Waals surface area contributed by atoms with Crippen LogP contribution in [-0.2, 0) is 4.79 Å². The van der Waals surface area contributed by atoms with Crippen molar-refractivity contribution in [2.75, 3.05) is 6.54 Å². The molecule has 1 rings (SSSR count). The summed E-state index contributed by atoms with van der Waals surface area (Å²) < 4.78 is 0. The Morgan fingerprint density at radius 2 is 1.84 bits per heavy atom. The number of hydrogen-bond acceptors (Lipinski definition) is 4. The molecule has 1 unspecified atom stereocenters. The second kappa shape index (κ2) is 9.72. The summed E-state index contributed by atoms with van der Waals surface area (Å²) in [6, 6.07) is 7.89. The van der Waals surface area contributed by atoms with Crippen molar-refractivity contribution in [3.05, 3.63) is 30.3 Å². The molecule has 0 fully saturated rings. The Morgan fingerprint density at radius 1 is 1.26 bits per heavy atom. The van der Waals surface area contributed by atoms with Crippen LogP contribution in [0, 0.1) is 0 Å². The number of aromatic hydroxyl groups is 1. The van der Waals surface area contributed by atoms with Crippen molar-refractivity contribution < 1.29 is 15.0 Å². The number of guanidine groups is 1. The lowest BCUT2D eigenvalue weighted by Gasteiger charge is -2.03. The smallest absolute Gasteiger partial charge is 0.320 e. The van der Waals surface area contributed by atoms with E-state index in [4.69, 9.17) is 27.4 Å². The van der Waals surface area contributed by atoms with Gasteiger partial charge in [0.15, 0.2) is 5.96 Å². The van der Waals surface area contributed by atoms with Gasteiger partial charge in [-0.2, -0.15) is 0 Å². The second-order valence-corrected chi connectivity index (χ2v) is 3.73. The molecule has 0 aliphatic carbocycles. The zero-order chi connectivity index (χ0) is 14.7. The van der Waals surface area contributed by atoms with E-state index in [9.17, 15) is 4.79 Å². The second-order valence-electron chi connectivity index (χ2n) is 3.73. The highest BCUT2D eigenvalue weighted by molar-refractivity contribution is 5.75. The van der Waals surface area contributed by atoms with Gasteiger partial charge in [0, 0.05) is 6.54 Å². The first-order chi connectivity index (χ1) is 8.93. The van der Waals surface area contributed by atoms with Crippen molar-refractivity contribution in [2.45, 2.75) is 18.9 Å². The van der Waals surface area contributed by atoms with E-state index in [0.29, 0.717) is 25.1 Å². The molecule has 8 N–H and O–H groups in total. The van der Waals surface area contributed by atoms with Crippen LogP contribution in [0.15, 0.2) is 35.3 Å². The number of aliphatic carboxylic acids is 1. The number of phenols is 1. The number of hydrogen-bond donors (Lipinski definition) is 5. The summed E-state index contributed by atoms with van der Waals surface area (Å²) in [6.45, 7) is 0.420. The van der Waals surface area contributed by atoms with Crippen LogP contribution in [0.4, 0.5) is 0 Å². The molecule has 1 atom stereocenters. The zero-order valence-electron chi connectivity index (χ0n) is 10.6. The molecule has 0 saturated carbocycles. The van der Waals surface area contributed by atoms with Gasteiger partial charge in [0.25, 0.3) is 0 Å². The number of nitrogens with zero attached hydrogens (tertiary/aromatic N) is 1. The largest absolute Gasteiger partial charge is 0.508 e. The molecular formula is C12H20N4O3. The maximum Gasteiger partial charge on any atom is 0.320 e. The maximum atomic E-state index is 10.2. The van der Waals surface area contributed by atoms with Crippen LogP contribution in [-0.4, -0.2) is 34.7 Å². The minimum atomic E-state index is -1.00. The molecule has 0 bridgehead atoms. The summed E-state index contributed by atoms with van der Waals surface area (Å²) >= 11 is 0. The number of aliphatic imine (C=N–C) groups is 1. The Labute approximate surface area is 111 Å². The SMILES string of the molecule is NC(N)=NCCCC(N)C(=O)O.Oc1ccccc1. The predicted octanol–water partition coefficient (Wildman–Crippen LogP) is -0.156. The highest BCUT2D eigenvalue weighted by Crippen LogP contribution is 2.02. The normalized spacial score (nSPS) is 10.8. The molecule has 0 aromatic heterocycles. The van der Waals surface area contributed by atoms with E-state index >= 15 is 0 Å². The van der Waals surface area contributed by atoms with Gasteiger partial charge in [-0.3, -0.25) is 9.79 Å². The van der Waals surface area contributed by atoms with E-state index < -0.39 is 12.0 Å². The average molecular weight is 268 g/mol. The van der Waals surface area contributed by atoms with E-state index in [2.05, 4.69) is 4.99 Å². The monoisotopic (exact) mass is 268 g/mol. The molecule has 0 saturated heterocycles. The highest BCUT2D eigenvalue weighted by atomic mass is 16.4. The average Bonchev–Trinajstić information content (AvgIpc) is 2.35. The molecular weight excluding hydrogens is 248 g/mol. The number of benzene rings is 1. The van der Waals surface area contributed by atoms with Crippen LogP contribution >= 0.6 is 0 Å². The lowest BCUT2D eigenvalue weighted by atomic mass is 10.2. The fraction of sp³-hybridized carbons (Fsp3) is 0.333. The number of nitrogens with two attached hydrogens (primary N) is 3. The molecule has 7 heteroatoms. The fourth-order valence-electron chi connectivity index (χ4n) is 1.07. The minimum Gasteiger partial charge on any atom is -0.508 e. The van der Waals surface area contributed by atoms with Crippen LogP contribution in [0.25, 0.3) is 0 Å². The molecule has 0 aliphatic rings. The number of rotatable bonds is 5. The number of phenolic OH excluding ortho intramolecular Hbond substituents is 1. The Bertz CT molecular complexity index is 391. The predicted molar refractivity (Wildman–Crippen MR) is 73.6 cm³/mol. The van der Waals surface area contributed by atoms with Crippen LogP contribution in [0.5, 0.6) is 5.75 Å². The van der Waals surface area contributed by atoms with Gasteiger partial charge in [0.1, 0.15) is 11.8 Å². The van der Waals surface area contributed by atoms with Crippen molar-refractivity contribution in [1.29, 1.82) is 0 Å². The van der Waals surface area contributed by atoms with Crippen molar-refractivity contribution in [2.24, 2.45) is 22.2 Å². The summed E-state index contributed by atoms with van der Waals surface area (Å²) in [5.74, 6) is -0.666. The first-order valence-corrected chi connectivity index (χ1v) is 5.71. The number of carboxylic acids is 1. The van der Waals surface area contributed by atoms with Crippen LogP contribution < -0.4 is 17.2 Å². The molecule has 0 amide bonds. The summed E-state index contributed by atoms with van der Waals surface area (Å²) in [5, 5.41) is 17.0. The topological polar surface area (TPSA) is 148 Å². The molecule has 19 heavy (non-hydrogen) atoms. The zero-order valence-corrected chi connectivity index (χ0v) is 10.6. The van der Waals surface area contributed by atoms with E-state index in [1.54, 1.807) is 24.3 Å². The molecule has 7 nitrogen and oxygen atoms in total. The Balaban J connectivity index is 0.000000388. The standard InChI is InChI=1S/C6H14N4O2.C6H6O/c7-4(5(11)12)2-1-3-10-6(8)9;7-6-4-2-1-3-5-6/h4H,1-3,7H2,(H,11,12)(H4,8,9,10);1-5,7H. The Kier molecular flexibility index (Phi) is 8.55. The van der Waals surface area contributed by atoms with E-state index in [-0.39, 0.29) is 5.96 Å². The molecule has 0 radical (unpaired) electrons. The molecule has 106 valence electrons. The maximum absolute atomic E-state index is 10.2. The van der Waals surface area contributed by atoms with Crippen LogP contribution in [0.2, 0.25) is 0 Å². The van der Waals surface area contributed by atoms with E-state index in [1.165, 1.54) is 0 Å². The van der Waals surface area contributed by atoms with E-state index in [0.717, 1.165) is 0 Å². The third kappa shape index (κ3) is 10.6. The molecule has 0 spiro atoms. The summed E-state index contributed by atoms with van der Waals surface area (Å²) in [6.07, 6.45) is 0.956. The third-order valence-electron chi connectivity index (χ3n) is 2.04. The first-order valence-electron chi connectivity index (χ1n) is 5.71. The minimum absolute atomic E-state index is 0.0129. The lowest BCUT2D eigenvalue weighted by molar-refractivity contribution is -0.138. The van der Waals surface area contributed by atoms with Gasteiger partial charge >= 0.3 is 5.97 Å².